The molecule has 0 saturated heterocycles. The van der Waals surface area contributed by atoms with E-state index in [4.69, 9.17) is 0 Å². The lowest BCUT2D eigenvalue weighted by Gasteiger charge is -2.24. The molecule has 2 N–H and O–H groups in total. The van der Waals surface area contributed by atoms with Crippen LogP contribution in [0.2, 0.25) is 0 Å². The highest BCUT2D eigenvalue weighted by molar-refractivity contribution is 5.38. The molecule has 0 aromatic heterocycles. The molecule has 1 saturated carbocycles. The Morgan fingerprint density at radius 2 is 1.09 bits per heavy atom. The molecule has 1 aliphatic carbocycles. The van der Waals surface area contributed by atoms with Crippen molar-refractivity contribution in [2.24, 2.45) is 5.92 Å². The molecule has 2 aromatic carbocycles. The van der Waals surface area contributed by atoms with Gasteiger partial charge in [-0.25, -0.2) is 0 Å². The molecule has 2 aromatic rings. The van der Waals surface area contributed by atoms with E-state index in [1.54, 1.807) is 24.3 Å². The van der Waals surface area contributed by atoms with Crippen molar-refractivity contribution in [1.82, 2.24) is 0 Å². The van der Waals surface area contributed by atoms with Gasteiger partial charge in [0.05, 0.1) is 0 Å². The maximum atomic E-state index is 9.48. The van der Waals surface area contributed by atoms with E-state index in [1.807, 2.05) is 38.1 Å². The summed E-state index contributed by atoms with van der Waals surface area (Å²) in [7, 11) is 0. The molecule has 1 aliphatic rings. The van der Waals surface area contributed by atoms with Gasteiger partial charge in [-0.1, -0.05) is 51.0 Å². The van der Waals surface area contributed by atoms with Gasteiger partial charge >= 0.3 is 0 Å². The minimum atomic E-state index is 0.310. The van der Waals surface area contributed by atoms with Crippen LogP contribution in [0.5, 0.6) is 11.5 Å². The van der Waals surface area contributed by atoms with Gasteiger partial charge in [0.25, 0.3) is 0 Å². The van der Waals surface area contributed by atoms with Crippen LogP contribution in [-0.4, -0.2) is 10.2 Å². The second-order valence-corrected chi connectivity index (χ2v) is 5.71. The van der Waals surface area contributed by atoms with Crippen molar-refractivity contribution >= 4 is 0 Å². The first kappa shape index (κ1) is 16.4. The first-order chi connectivity index (χ1) is 10.7. The molecule has 0 bridgehead atoms. The lowest BCUT2D eigenvalue weighted by atomic mass is 9.80. The largest absolute Gasteiger partial charge is 0.508 e. The first-order valence-corrected chi connectivity index (χ1v) is 8.32. The summed E-state index contributed by atoms with van der Waals surface area (Å²) in [6.45, 7) is 4.00. The Labute approximate surface area is 133 Å². The minimum absolute atomic E-state index is 0.310. The van der Waals surface area contributed by atoms with Crippen LogP contribution in [0.3, 0.4) is 0 Å². The zero-order valence-corrected chi connectivity index (χ0v) is 13.5. The molecule has 118 valence electrons. The Bertz CT molecular complexity index is 506. The minimum Gasteiger partial charge on any atom is -0.508 e. The quantitative estimate of drug-likeness (QED) is 0.791. The fraction of sp³-hybridized carbons (Fsp3) is 0.400. The molecule has 0 atom stereocenters. The van der Waals surface area contributed by atoms with Crippen molar-refractivity contribution in [1.29, 1.82) is 0 Å². The molecule has 0 heterocycles. The van der Waals surface area contributed by atoms with Gasteiger partial charge in [-0.15, -0.1) is 0 Å². The molecule has 22 heavy (non-hydrogen) atoms. The highest BCUT2D eigenvalue weighted by atomic mass is 16.3. The van der Waals surface area contributed by atoms with Crippen LogP contribution < -0.4 is 0 Å². The standard InChI is InChI=1S/C18H20O2.C2H6/c19-16-9-5-14(6-10-16)18(13-3-1-2-4-13)15-7-11-17(20)12-8-15;1-2/h5-13,18-20H,1-4H2;1-2H3. The third kappa shape index (κ3) is 3.82. The summed E-state index contributed by atoms with van der Waals surface area (Å²) in [6.07, 6.45) is 5.12. The topological polar surface area (TPSA) is 40.5 Å². The summed E-state index contributed by atoms with van der Waals surface area (Å²) in [6, 6.07) is 15.1. The lowest BCUT2D eigenvalue weighted by Crippen LogP contribution is -2.11. The summed E-state index contributed by atoms with van der Waals surface area (Å²) in [5, 5.41) is 19.0. The van der Waals surface area contributed by atoms with Crippen LogP contribution in [0.25, 0.3) is 0 Å². The SMILES string of the molecule is CC.Oc1ccc(C(c2ccc(O)cc2)C2CCCC2)cc1. The van der Waals surface area contributed by atoms with Crippen LogP contribution in [0, 0.1) is 5.92 Å². The number of phenols is 2. The molecule has 2 nitrogen and oxygen atoms in total. The Morgan fingerprint density at radius 3 is 1.45 bits per heavy atom. The van der Waals surface area contributed by atoms with Crippen LogP contribution in [-0.2, 0) is 0 Å². The van der Waals surface area contributed by atoms with E-state index in [9.17, 15) is 10.2 Å². The van der Waals surface area contributed by atoms with Crippen LogP contribution in [0.15, 0.2) is 48.5 Å². The zero-order chi connectivity index (χ0) is 15.9. The Kier molecular flexibility index (Phi) is 5.88. The Hall–Kier alpha value is -1.96. The molecule has 0 aliphatic heterocycles. The maximum Gasteiger partial charge on any atom is 0.115 e. The number of hydrogen-bond donors (Lipinski definition) is 2. The molecule has 1 fully saturated rings. The summed E-state index contributed by atoms with van der Waals surface area (Å²) < 4.78 is 0. The van der Waals surface area contributed by atoms with Gasteiger partial charge < -0.3 is 10.2 Å². The number of phenolic OH excluding ortho intramolecular Hbond substituents is 2. The van der Waals surface area contributed by atoms with Gasteiger partial charge in [0.15, 0.2) is 0 Å². The fourth-order valence-corrected chi connectivity index (χ4v) is 3.39. The predicted octanol–water partition coefficient (Wildman–Crippen LogP) is 5.45. The monoisotopic (exact) mass is 298 g/mol. The Balaban J connectivity index is 0.000000847. The van der Waals surface area contributed by atoms with E-state index < -0.39 is 0 Å². The highest BCUT2D eigenvalue weighted by Gasteiger charge is 2.27. The van der Waals surface area contributed by atoms with E-state index in [1.165, 1.54) is 36.8 Å². The summed E-state index contributed by atoms with van der Waals surface area (Å²) in [5.74, 6) is 1.64. The molecule has 0 spiro atoms. The molecule has 0 radical (unpaired) electrons. The average Bonchev–Trinajstić information content (AvgIpc) is 3.07. The summed E-state index contributed by atoms with van der Waals surface area (Å²) in [5.41, 5.74) is 2.50. The first-order valence-electron chi connectivity index (χ1n) is 8.32. The lowest BCUT2D eigenvalue weighted by molar-refractivity contribution is 0.467. The van der Waals surface area contributed by atoms with Crippen molar-refractivity contribution < 1.29 is 10.2 Å². The van der Waals surface area contributed by atoms with Crippen molar-refractivity contribution in [3.05, 3.63) is 59.7 Å². The fourth-order valence-electron chi connectivity index (χ4n) is 3.39. The van der Waals surface area contributed by atoms with Gasteiger partial charge in [-0.05, 0) is 54.2 Å². The number of hydrogen-bond acceptors (Lipinski definition) is 2. The zero-order valence-electron chi connectivity index (χ0n) is 13.5. The number of benzene rings is 2. The molecule has 2 heteroatoms. The van der Waals surface area contributed by atoms with E-state index in [-0.39, 0.29) is 0 Å². The van der Waals surface area contributed by atoms with Gasteiger partial charge in [0.1, 0.15) is 11.5 Å². The second kappa shape index (κ2) is 7.88. The third-order valence-corrected chi connectivity index (χ3v) is 4.38. The molecular formula is C20H26O2. The average molecular weight is 298 g/mol. The molecule has 3 rings (SSSR count). The van der Waals surface area contributed by atoms with Crippen LogP contribution in [0.4, 0.5) is 0 Å². The molecule has 0 amide bonds. The van der Waals surface area contributed by atoms with Gasteiger partial charge in [-0.2, -0.15) is 0 Å². The van der Waals surface area contributed by atoms with Gasteiger partial charge in [0, 0.05) is 5.92 Å². The summed E-state index contributed by atoms with van der Waals surface area (Å²) in [4.78, 5) is 0. The van der Waals surface area contributed by atoms with Crippen molar-refractivity contribution in [3.63, 3.8) is 0 Å². The normalized spacial score (nSPS) is 14.7. The van der Waals surface area contributed by atoms with Gasteiger partial charge in [0.2, 0.25) is 0 Å². The highest BCUT2D eigenvalue weighted by Crippen LogP contribution is 2.42. The van der Waals surface area contributed by atoms with E-state index in [0.29, 0.717) is 23.3 Å². The van der Waals surface area contributed by atoms with Crippen molar-refractivity contribution in [2.75, 3.05) is 0 Å². The van der Waals surface area contributed by atoms with E-state index in [0.717, 1.165) is 0 Å². The molecule has 0 unspecified atom stereocenters. The Morgan fingerprint density at radius 1 is 0.727 bits per heavy atom. The van der Waals surface area contributed by atoms with E-state index >= 15 is 0 Å². The maximum absolute atomic E-state index is 9.48. The van der Waals surface area contributed by atoms with Crippen LogP contribution in [0.1, 0.15) is 56.6 Å². The number of rotatable bonds is 3. The van der Waals surface area contributed by atoms with Crippen molar-refractivity contribution in [3.8, 4) is 11.5 Å². The molecular weight excluding hydrogens is 272 g/mol. The predicted molar refractivity (Wildman–Crippen MR) is 91.4 cm³/mol. The summed E-state index contributed by atoms with van der Waals surface area (Å²) >= 11 is 0. The van der Waals surface area contributed by atoms with Crippen molar-refractivity contribution in [2.45, 2.75) is 45.4 Å². The second-order valence-electron chi connectivity index (χ2n) is 5.71. The third-order valence-electron chi connectivity index (χ3n) is 4.38. The van der Waals surface area contributed by atoms with Crippen LogP contribution >= 0.6 is 0 Å². The van der Waals surface area contributed by atoms with E-state index in [2.05, 4.69) is 0 Å². The smallest absolute Gasteiger partial charge is 0.115 e. The number of aromatic hydroxyl groups is 2. The van der Waals surface area contributed by atoms with Gasteiger partial charge in [-0.3, -0.25) is 0 Å².